The number of hydrazine groups is 1. The van der Waals surface area contributed by atoms with Gasteiger partial charge in [0.25, 0.3) is 11.7 Å². The van der Waals surface area contributed by atoms with Crippen molar-refractivity contribution in [2.75, 3.05) is 0 Å². The van der Waals surface area contributed by atoms with Crippen LogP contribution < -0.4 is 10.9 Å². The number of halogens is 4. The number of hydrogen-bond donors (Lipinski definition) is 2. The number of amides is 1. The Hall–Kier alpha value is -2.02. The molecule has 8 heteroatoms. The third kappa shape index (κ3) is 4.04. The Morgan fingerprint density at radius 3 is 2.52 bits per heavy atom. The van der Waals surface area contributed by atoms with Crippen molar-refractivity contribution in [1.82, 2.24) is 10.9 Å². The van der Waals surface area contributed by atoms with E-state index in [9.17, 15) is 22.8 Å². The van der Waals surface area contributed by atoms with Gasteiger partial charge in [-0.3, -0.25) is 15.0 Å². The second kappa shape index (κ2) is 6.62. The van der Waals surface area contributed by atoms with Gasteiger partial charge >= 0.3 is 6.18 Å². The fourth-order valence-corrected chi connectivity index (χ4v) is 2.42. The van der Waals surface area contributed by atoms with Gasteiger partial charge in [0.2, 0.25) is 0 Å². The van der Waals surface area contributed by atoms with Gasteiger partial charge in [0, 0.05) is 21.9 Å². The Balaban J connectivity index is 2.08. The molecule has 1 aromatic rings. The molecular formula is C15H14ClF3N2O2. The molecule has 1 aromatic carbocycles. The number of ketones is 1. The molecule has 1 aliphatic rings. The van der Waals surface area contributed by atoms with Crippen LogP contribution in [0.2, 0.25) is 5.02 Å². The minimum absolute atomic E-state index is 0.0346. The molecule has 0 heterocycles. The summed E-state index contributed by atoms with van der Waals surface area (Å²) in [6.45, 7) is 1.78. The maximum atomic E-state index is 12.5. The quantitative estimate of drug-likeness (QED) is 0.821. The molecule has 4 nitrogen and oxygen atoms in total. The molecule has 2 rings (SSSR count). The topological polar surface area (TPSA) is 58.2 Å². The van der Waals surface area contributed by atoms with E-state index in [1.54, 1.807) is 19.1 Å². The van der Waals surface area contributed by atoms with Crippen molar-refractivity contribution in [2.45, 2.75) is 32.4 Å². The molecule has 2 N–H and O–H groups in total. The summed E-state index contributed by atoms with van der Waals surface area (Å²) < 4.78 is 37.5. The first-order valence-electron chi connectivity index (χ1n) is 6.86. The maximum absolute atomic E-state index is 12.5. The SMILES string of the molecule is Cc1ccc(C(=O)NNC2=C(C(=O)C(F)(F)F)CCC2)cc1Cl. The number of Topliss-reactive ketones (excluding diaryl/α,β-unsaturated/α-hetero) is 1. The standard InChI is InChI=1S/C15H14ClF3N2O2/c1-8-5-6-9(7-11(8)16)14(23)21-20-12-4-2-3-10(12)13(22)15(17,18)19/h5-7,20H,2-4H2,1H3,(H,21,23). The zero-order valence-corrected chi connectivity index (χ0v) is 12.9. The first-order valence-corrected chi connectivity index (χ1v) is 7.24. The highest BCUT2D eigenvalue weighted by Gasteiger charge is 2.42. The molecule has 0 bridgehead atoms. The number of aryl methyl sites for hydroxylation is 1. The second-order valence-corrected chi connectivity index (χ2v) is 5.59. The number of carbonyl (C=O) groups excluding carboxylic acids is 2. The predicted octanol–water partition coefficient (Wildman–Crippen LogP) is 3.45. The smallest absolute Gasteiger partial charge is 0.302 e. The molecule has 0 radical (unpaired) electrons. The van der Waals surface area contributed by atoms with Crippen molar-refractivity contribution < 1.29 is 22.8 Å². The Kier molecular flexibility index (Phi) is 4.99. The van der Waals surface area contributed by atoms with Crippen LogP contribution >= 0.6 is 11.6 Å². The Morgan fingerprint density at radius 1 is 1.22 bits per heavy atom. The lowest BCUT2D eigenvalue weighted by Crippen LogP contribution is -2.38. The maximum Gasteiger partial charge on any atom is 0.454 e. The molecule has 0 spiro atoms. The number of rotatable bonds is 4. The summed E-state index contributed by atoms with van der Waals surface area (Å²) in [6, 6.07) is 4.66. The zero-order chi connectivity index (χ0) is 17.2. The van der Waals surface area contributed by atoms with Crippen molar-refractivity contribution in [3.05, 3.63) is 45.6 Å². The average Bonchev–Trinajstić information content (AvgIpc) is 2.94. The molecule has 0 saturated heterocycles. The highest BCUT2D eigenvalue weighted by molar-refractivity contribution is 6.31. The molecule has 1 aliphatic carbocycles. The third-order valence-corrected chi connectivity index (χ3v) is 3.92. The molecular weight excluding hydrogens is 333 g/mol. The normalized spacial score (nSPS) is 14.8. The average molecular weight is 347 g/mol. The van der Waals surface area contributed by atoms with Crippen LogP contribution in [0.4, 0.5) is 13.2 Å². The first-order chi connectivity index (χ1) is 10.7. The van der Waals surface area contributed by atoms with E-state index in [1.165, 1.54) is 6.07 Å². The van der Waals surface area contributed by atoms with Gasteiger partial charge in [-0.15, -0.1) is 0 Å². The van der Waals surface area contributed by atoms with E-state index < -0.39 is 17.9 Å². The molecule has 0 aromatic heterocycles. The van der Waals surface area contributed by atoms with Gasteiger partial charge < -0.3 is 5.43 Å². The zero-order valence-electron chi connectivity index (χ0n) is 12.2. The number of hydrogen-bond acceptors (Lipinski definition) is 3. The monoisotopic (exact) mass is 346 g/mol. The van der Waals surface area contributed by atoms with Gasteiger partial charge in [0.05, 0.1) is 0 Å². The molecule has 0 saturated carbocycles. The van der Waals surface area contributed by atoms with Crippen LogP contribution in [0, 0.1) is 6.92 Å². The highest BCUT2D eigenvalue weighted by Crippen LogP contribution is 2.30. The Morgan fingerprint density at radius 2 is 1.91 bits per heavy atom. The van der Waals surface area contributed by atoms with E-state index in [4.69, 9.17) is 11.6 Å². The largest absolute Gasteiger partial charge is 0.454 e. The molecule has 124 valence electrons. The molecule has 0 unspecified atom stereocenters. The molecule has 23 heavy (non-hydrogen) atoms. The number of allylic oxidation sites excluding steroid dienone is 2. The summed E-state index contributed by atoms with van der Waals surface area (Å²) in [7, 11) is 0. The fourth-order valence-electron chi connectivity index (χ4n) is 2.24. The third-order valence-electron chi connectivity index (χ3n) is 3.51. The summed E-state index contributed by atoms with van der Waals surface area (Å²) in [6.07, 6.45) is -4.19. The molecule has 0 atom stereocenters. The van der Waals surface area contributed by atoms with Crippen LogP contribution in [0.15, 0.2) is 29.5 Å². The summed E-state index contributed by atoms with van der Waals surface area (Å²) in [5, 5.41) is 0.408. The van der Waals surface area contributed by atoms with Gasteiger partial charge in [-0.2, -0.15) is 13.2 Å². The molecule has 0 fully saturated rings. The van der Waals surface area contributed by atoms with Crippen molar-refractivity contribution >= 4 is 23.3 Å². The van der Waals surface area contributed by atoms with Gasteiger partial charge in [-0.1, -0.05) is 17.7 Å². The second-order valence-electron chi connectivity index (χ2n) is 5.18. The van der Waals surface area contributed by atoms with Crippen LogP contribution in [0.3, 0.4) is 0 Å². The lowest BCUT2D eigenvalue weighted by atomic mass is 10.1. The number of nitrogens with one attached hydrogen (secondary N) is 2. The van der Waals surface area contributed by atoms with Crippen LogP contribution in [0.5, 0.6) is 0 Å². The van der Waals surface area contributed by atoms with E-state index in [1.807, 2.05) is 0 Å². The van der Waals surface area contributed by atoms with Gasteiger partial charge in [-0.05, 0) is 43.9 Å². The molecule has 0 aliphatic heterocycles. The van der Waals surface area contributed by atoms with E-state index in [-0.39, 0.29) is 29.7 Å². The molecule has 1 amide bonds. The van der Waals surface area contributed by atoms with Crippen LogP contribution in [-0.4, -0.2) is 17.9 Å². The minimum atomic E-state index is -4.92. The Bertz CT molecular complexity index is 684. The van der Waals surface area contributed by atoms with Gasteiger partial charge in [0.15, 0.2) is 0 Å². The van der Waals surface area contributed by atoms with Crippen molar-refractivity contribution in [1.29, 1.82) is 0 Å². The van der Waals surface area contributed by atoms with Crippen LogP contribution in [-0.2, 0) is 4.79 Å². The number of carbonyl (C=O) groups is 2. The van der Waals surface area contributed by atoms with Crippen molar-refractivity contribution in [3.8, 4) is 0 Å². The van der Waals surface area contributed by atoms with Crippen molar-refractivity contribution in [2.24, 2.45) is 0 Å². The summed E-state index contributed by atoms with van der Waals surface area (Å²) in [4.78, 5) is 23.3. The van der Waals surface area contributed by atoms with E-state index in [0.29, 0.717) is 11.4 Å². The van der Waals surface area contributed by atoms with E-state index >= 15 is 0 Å². The summed E-state index contributed by atoms with van der Waals surface area (Å²) in [5.41, 5.74) is 5.55. The van der Waals surface area contributed by atoms with Crippen LogP contribution in [0.25, 0.3) is 0 Å². The summed E-state index contributed by atoms with van der Waals surface area (Å²) >= 11 is 5.92. The predicted molar refractivity (Wildman–Crippen MR) is 78.7 cm³/mol. The minimum Gasteiger partial charge on any atom is -0.302 e. The Labute approximate surface area is 135 Å². The summed E-state index contributed by atoms with van der Waals surface area (Å²) in [5.74, 6) is -2.42. The van der Waals surface area contributed by atoms with Gasteiger partial charge in [-0.25, -0.2) is 0 Å². The fraction of sp³-hybridized carbons (Fsp3) is 0.333. The van der Waals surface area contributed by atoms with Crippen molar-refractivity contribution in [3.63, 3.8) is 0 Å². The van der Waals surface area contributed by atoms with E-state index in [0.717, 1.165) is 5.56 Å². The first kappa shape index (κ1) is 17.3. The van der Waals surface area contributed by atoms with Crippen LogP contribution in [0.1, 0.15) is 35.2 Å². The number of alkyl halides is 3. The lowest BCUT2D eigenvalue weighted by Gasteiger charge is -2.13. The van der Waals surface area contributed by atoms with E-state index in [2.05, 4.69) is 10.9 Å². The number of benzene rings is 1. The highest BCUT2D eigenvalue weighted by atomic mass is 35.5. The van der Waals surface area contributed by atoms with Gasteiger partial charge in [0.1, 0.15) is 0 Å². The lowest BCUT2D eigenvalue weighted by molar-refractivity contribution is -0.166.